The van der Waals surface area contributed by atoms with E-state index in [-0.39, 0.29) is 11.5 Å². The second-order valence-corrected chi connectivity index (χ2v) is 5.28. The van der Waals surface area contributed by atoms with Crippen molar-refractivity contribution >= 4 is 11.5 Å². The third kappa shape index (κ3) is 3.13. The van der Waals surface area contributed by atoms with Gasteiger partial charge in [0, 0.05) is 29.7 Å². The molecule has 118 valence electrons. The van der Waals surface area contributed by atoms with Crippen molar-refractivity contribution in [2.75, 3.05) is 7.11 Å². The van der Waals surface area contributed by atoms with E-state index in [4.69, 9.17) is 9.47 Å². The van der Waals surface area contributed by atoms with E-state index < -0.39 is 12.1 Å². The van der Waals surface area contributed by atoms with Crippen molar-refractivity contribution in [2.24, 2.45) is 0 Å². The molecule has 23 heavy (non-hydrogen) atoms. The van der Waals surface area contributed by atoms with Crippen LogP contribution in [0.25, 0.3) is 5.57 Å². The minimum Gasteiger partial charge on any atom is -0.508 e. The predicted molar refractivity (Wildman–Crippen MR) is 84.3 cm³/mol. The Morgan fingerprint density at radius 2 is 1.87 bits per heavy atom. The average Bonchev–Trinajstić information content (AvgIpc) is 2.88. The van der Waals surface area contributed by atoms with Gasteiger partial charge in [0.05, 0.1) is 7.11 Å². The SMILES string of the molecule is COc1ccc(CC2OC(=O)C=C2c2ccc(O)cc2O)cc1. The molecular weight excluding hydrogens is 296 g/mol. The number of phenolic OH excluding ortho intramolecular Hbond substituents is 2. The fourth-order valence-corrected chi connectivity index (χ4v) is 2.60. The molecule has 1 heterocycles. The highest BCUT2D eigenvalue weighted by atomic mass is 16.5. The van der Waals surface area contributed by atoms with Crippen LogP contribution in [0.15, 0.2) is 48.5 Å². The van der Waals surface area contributed by atoms with Gasteiger partial charge < -0.3 is 19.7 Å². The maximum Gasteiger partial charge on any atom is 0.331 e. The van der Waals surface area contributed by atoms with Crippen LogP contribution < -0.4 is 4.74 Å². The molecule has 0 fully saturated rings. The zero-order chi connectivity index (χ0) is 16.4. The first-order valence-corrected chi connectivity index (χ1v) is 7.14. The molecule has 0 bridgehead atoms. The molecule has 0 saturated heterocycles. The molecule has 1 aliphatic rings. The van der Waals surface area contributed by atoms with Gasteiger partial charge in [-0.25, -0.2) is 4.79 Å². The number of carbonyl (C=O) groups excluding carboxylic acids is 1. The summed E-state index contributed by atoms with van der Waals surface area (Å²) in [6.07, 6.45) is 1.38. The van der Waals surface area contributed by atoms with Crippen LogP contribution in [0.3, 0.4) is 0 Å². The molecule has 0 spiro atoms. The molecule has 2 aromatic rings. The summed E-state index contributed by atoms with van der Waals surface area (Å²) in [5, 5.41) is 19.4. The van der Waals surface area contributed by atoms with Crippen LogP contribution in [-0.2, 0) is 16.0 Å². The Morgan fingerprint density at radius 1 is 1.13 bits per heavy atom. The lowest BCUT2D eigenvalue weighted by molar-refractivity contribution is -0.138. The highest BCUT2D eigenvalue weighted by molar-refractivity contribution is 5.98. The van der Waals surface area contributed by atoms with Gasteiger partial charge >= 0.3 is 5.97 Å². The van der Waals surface area contributed by atoms with Gasteiger partial charge in [0.15, 0.2) is 0 Å². The Bertz CT molecular complexity index is 761. The zero-order valence-electron chi connectivity index (χ0n) is 12.5. The molecule has 0 radical (unpaired) electrons. The number of benzene rings is 2. The summed E-state index contributed by atoms with van der Waals surface area (Å²) < 4.78 is 10.5. The number of cyclic esters (lactones) is 1. The van der Waals surface area contributed by atoms with Crippen LogP contribution >= 0.6 is 0 Å². The van der Waals surface area contributed by atoms with Crippen LogP contribution in [0.2, 0.25) is 0 Å². The summed E-state index contributed by atoms with van der Waals surface area (Å²) in [5.41, 5.74) is 2.06. The second-order valence-electron chi connectivity index (χ2n) is 5.28. The predicted octanol–water partition coefficient (Wildman–Crippen LogP) is 2.66. The monoisotopic (exact) mass is 312 g/mol. The number of carbonyl (C=O) groups is 1. The van der Waals surface area contributed by atoms with E-state index in [0.717, 1.165) is 11.3 Å². The number of phenols is 2. The smallest absolute Gasteiger partial charge is 0.331 e. The van der Waals surface area contributed by atoms with Crippen LogP contribution in [0.4, 0.5) is 0 Å². The highest BCUT2D eigenvalue weighted by Crippen LogP contribution is 2.35. The second kappa shape index (κ2) is 6.04. The van der Waals surface area contributed by atoms with E-state index in [0.29, 0.717) is 17.6 Å². The van der Waals surface area contributed by atoms with Gasteiger partial charge in [-0.15, -0.1) is 0 Å². The van der Waals surface area contributed by atoms with Gasteiger partial charge in [-0.1, -0.05) is 12.1 Å². The Labute approximate surface area is 133 Å². The molecule has 0 aliphatic carbocycles. The summed E-state index contributed by atoms with van der Waals surface area (Å²) >= 11 is 0. The van der Waals surface area contributed by atoms with Gasteiger partial charge in [0.2, 0.25) is 0 Å². The molecule has 1 aliphatic heterocycles. The first kappa shape index (κ1) is 15.0. The number of methoxy groups -OCH3 is 1. The number of esters is 1. The normalized spacial score (nSPS) is 16.8. The van der Waals surface area contributed by atoms with Gasteiger partial charge in [0.1, 0.15) is 23.4 Å². The maximum absolute atomic E-state index is 11.7. The largest absolute Gasteiger partial charge is 0.508 e. The number of ether oxygens (including phenoxy) is 2. The van der Waals surface area contributed by atoms with E-state index in [1.807, 2.05) is 24.3 Å². The molecule has 1 atom stereocenters. The Balaban J connectivity index is 1.86. The molecular formula is C18H16O5. The molecule has 0 saturated carbocycles. The van der Waals surface area contributed by atoms with Crippen molar-refractivity contribution in [2.45, 2.75) is 12.5 Å². The van der Waals surface area contributed by atoms with Crippen molar-refractivity contribution in [1.82, 2.24) is 0 Å². The molecule has 5 nitrogen and oxygen atoms in total. The standard InChI is InChI=1S/C18H16O5/c1-22-13-5-2-11(3-6-13)8-17-15(10-18(21)23-17)14-7-4-12(19)9-16(14)20/h2-7,9-10,17,19-20H,8H2,1H3. The van der Waals surface area contributed by atoms with E-state index in [2.05, 4.69) is 0 Å². The topological polar surface area (TPSA) is 76.0 Å². The Morgan fingerprint density at radius 3 is 2.52 bits per heavy atom. The summed E-state index contributed by atoms with van der Waals surface area (Å²) in [6.45, 7) is 0. The van der Waals surface area contributed by atoms with Gasteiger partial charge in [0.25, 0.3) is 0 Å². The van der Waals surface area contributed by atoms with Gasteiger partial charge in [-0.3, -0.25) is 0 Å². The lowest BCUT2D eigenvalue weighted by atomic mass is 9.95. The van der Waals surface area contributed by atoms with Crippen molar-refractivity contribution < 1.29 is 24.5 Å². The molecule has 2 N–H and O–H groups in total. The van der Waals surface area contributed by atoms with Crippen molar-refractivity contribution in [3.05, 3.63) is 59.7 Å². The van der Waals surface area contributed by atoms with Crippen LogP contribution in [0.1, 0.15) is 11.1 Å². The maximum atomic E-state index is 11.7. The zero-order valence-corrected chi connectivity index (χ0v) is 12.5. The Hall–Kier alpha value is -2.95. The van der Waals surface area contributed by atoms with Crippen LogP contribution in [0, 0.1) is 0 Å². The minimum absolute atomic E-state index is 0.0382. The number of hydrogen-bond donors (Lipinski definition) is 2. The van der Waals surface area contributed by atoms with E-state index in [1.165, 1.54) is 18.2 Å². The summed E-state index contributed by atoms with van der Waals surface area (Å²) in [7, 11) is 1.60. The van der Waals surface area contributed by atoms with Crippen LogP contribution in [0.5, 0.6) is 17.2 Å². The van der Waals surface area contributed by atoms with Crippen molar-refractivity contribution in [3.8, 4) is 17.2 Å². The average molecular weight is 312 g/mol. The lowest BCUT2D eigenvalue weighted by Crippen LogP contribution is -2.14. The summed E-state index contributed by atoms with van der Waals surface area (Å²) in [6, 6.07) is 11.8. The number of rotatable bonds is 4. The van der Waals surface area contributed by atoms with Crippen molar-refractivity contribution in [1.29, 1.82) is 0 Å². The first-order chi connectivity index (χ1) is 11.1. The summed E-state index contributed by atoms with van der Waals surface area (Å²) in [4.78, 5) is 11.7. The third-order valence-electron chi connectivity index (χ3n) is 3.75. The number of hydrogen-bond acceptors (Lipinski definition) is 5. The van der Waals surface area contributed by atoms with Crippen LogP contribution in [-0.4, -0.2) is 29.4 Å². The van der Waals surface area contributed by atoms with Crippen molar-refractivity contribution in [3.63, 3.8) is 0 Å². The number of aromatic hydroxyl groups is 2. The molecule has 5 heteroatoms. The van der Waals surface area contributed by atoms with E-state index in [9.17, 15) is 15.0 Å². The summed E-state index contributed by atoms with van der Waals surface area (Å²) in [5.74, 6) is 0.188. The molecule has 1 unspecified atom stereocenters. The fraction of sp³-hybridized carbons (Fsp3) is 0.167. The fourth-order valence-electron chi connectivity index (χ4n) is 2.60. The quantitative estimate of drug-likeness (QED) is 0.849. The molecule has 0 amide bonds. The first-order valence-electron chi connectivity index (χ1n) is 7.14. The third-order valence-corrected chi connectivity index (χ3v) is 3.75. The van der Waals surface area contributed by atoms with Gasteiger partial charge in [-0.2, -0.15) is 0 Å². The van der Waals surface area contributed by atoms with E-state index in [1.54, 1.807) is 13.2 Å². The molecule has 0 aromatic heterocycles. The minimum atomic E-state index is -0.480. The molecule has 3 rings (SSSR count). The molecule has 2 aromatic carbocycles. The van der Waals surface area contributed by atoms with E-state index >= 15 is 0 Å². The van der Waals surface area contributed by atoms with Gasteiger partial charge in [-0.05, 0) is 29.8 Å². The lowest BCUT2D eigenvalue weighted by Gasteiger charge is -2.16. The Kier molecular flexibility index (Phi) is 3.93. The highest BCUT2D eigenvalue weighted by Gasteiger charge is 2.29.